The molecule has 146 valence electrons. The van der Waals surface area contributed by atoms with Gasteiger partial charge in [-0.05, 0) is 43.0 Å². The third-order valence-corrected chi connectivity index (χ3v) is 5.68. The lowest BCUT2D eigenvalue weighted by atomic mass is 9.81. The number of benzene rings is 1. The van der Waals surface area contributed by atoms with E-state index in [1.165, 1.54) is 0 Å². The minimum Gasteiger partial charge on any atom is -0.354 e. The second-order valence-corrected chi connectivity index (χ2v) is 7.48. The average molecular weight is 380 g/mol. The van der Waals surface area contributed by atoms with Gasteiger partial charge in [-0.1, -0.05) is 25.0 Å². The zero-order chi connectivity index (χ0) is 19.5. The smallest absolute Gasteiger partial charge is 0.240 e. The van der Waals surface area contributed by atoms with E-state index in [0.717, 1.165) is 41.8 Å². The van der Waals surface area contributed by atoms with Gasteiger partial charge in [0.1, 0.15) is 6.54 Å². The Morgan fingerprint density at radius 1 is 1.07 bits per heavy atom. The summed E-state index contributed by atoms with van der Waals surface area (Å²) in [6.07, 6.45) is 7.79. The zero-order valence-corrected chi connectivity index (χ0v) is 15.7. The molecule has 3 amide bonds. The van der Waals surface area contributed by atoms with E-state index in [4.69, 9.17) is 0 Å². The molecule has 1 aliphatic heterocycles. The molecule has 2 aliphatic rings. The number of hydrogen-bond donors (Lipinski definition) is 1. The van der Waals surface area contributed by atoms with Gasteiger partial charge in [-0.3, -0.25) is 19.3 Å². The first-order valence-corrected chi connectivity index (χ1v) is 9.84. The van der Waals surface area contributed by atoms with Crippen LogP contribution >= 0.6 is 0 Å². The maximum atomic E-state index is 12.4. The summed E-state index contributed by atoms with van der Waals surface area (Å²) < 4.78 is 1.78. The van der Waals surface area contributed by atoms with Gasteiger partial charge in [0.05, 0.1) is 17.5 Å². The van der Waals surface area contributed by atoms with Crippen LogP contribution in [0, 0.1) is 11.8 Å². The molecule has 2 aromatic rings. The van der Waals surface area contributed by atoms with E-state index >= 15 is 0 Å². The molecular formula is C21H24N4O3. The highest BCUT2D eigenvalue weighted by Gasteiger charge is 2.48. The fraction of sp³-hybridized carbons (Fsp3) is 0.429. The van der Waals surface area contributed by atoms with Crippen LogP contribution in [0.2, 0.25) is 0 Å². The molecule has 0 spiro atoms. The highest BCUT2D eigenvalue weighted by Crippen LogP contribution is 2.37. The number of carbonyl (C=O) groups excluding carboxylic acids is 3. The number of nitrogens with zero attached hydrogens (tertiary/aromatic N) is 3. The maximum absolute atomic E-state index is 12.4. The van der Waals surface area contributed by atoms with E-state index in [9.17, 15) is 14.4 Å². The first-order valence-electron chi connectivity index (χ1n) is 9.84. The molecule has 1 N–H and O–H groups in total. The van der Waals surface area contributed by atoms with Crippen LogP contribution in [-0.2, 0) is 20.8 Å². The van der Waals surface area contributed by atoms with E-state index < -0.39 is 0 Å². The number of likely N-dealkylation sites (tertiary alicyclic amines) is 1. The maximum Gasteiger partial charge on any atom is 0.240 e. The zero-order valence-electron chi connectivity index (χ0n) is 15.7. The van der Waals surface area contributed by atoms with Crippen LogP contribution in [0.5, 0.6) is 0 Å². The summed E-state index contributed by atoms with van der Waals surface area (Å²) in [6, 6.07) is 9.83. The van der Waals surface area contributed by atoms with Crippen molar-refractivity contribution in [1.82, 2.24) is 20.0 Å². The van der Waals surface area contributed by atoms with Crippen molar-refractivity contribution in [2.45, 2.75) is 32.1 Å². The molecule has 28 heavy (non-hydrogen) atoms. The Labute approximate surface area is 163 Å². The van der Waals surface area contributed by atoms with Crippen LogP contribution in [0.1, 0.15) is 31.2 Å². The SMILES string of the molecule is O=C(CN1C(=O)C2CCCCC2C1=O)NCCc1ccc(-n2cccn2)cc1. The van der Waals surface area contributed by atoms with Gasteiger partial charge in [0.15, 0.2) is 0 Å². The lowest BCUT2D eigenvalue weighted by Gasteiger charge is -2.19. The third-order valence-electron chi connectivity index (χ3n) is 5.68. The van der Waals surface area contributed by atoms with Gasteiger partial charge in [-0.15, -0.1) is 0 Å². The quantitative estimate of drug-likeness (QED) is 0.773. The molecule has 7 heteroatoms. The second kappa shape index (κ2) is 7.96. The molecule has 2 fully saturated rings. The molecule has 2 atom stereocenters. The van der Waals surface area contributed by atoms with Crippen molar-refractivity contribution < 1.29 is 14.4 Å². The largest absolute Gasteiger partial charge is 0.354 e. The Bertz CT molecular complexity index is 836. The van der Waals surface area contributed by atoms with Crippen LogP contribution in [0.15, 0.2) is 42.7 Å². The third kappa shape index (κ3) is 3.69. The van der Waals surface area contributed by atoms with E-state index in [1.54, 1.807) is 10.9 Å². The summed E-state index contributed by atoms with van der Waals surface area (Å²) in [6.45, 7) is 0.298. The standard InChI is InChI=1S/C21H24N4O3/c26-19(14-24-20(27)17-4-1-2-5-18(17)21(24)28)22-12-10-15-6-8-16(9-7-15)25-13-3-11-23-25/h3,6-9,11,13,17-18H,1-2,4-5,10,12,14H2,(H,22,26). The van der Waals surface area contributed by atoms with Crippen LogP contribution in [-0.4, -0.2) is 45.5 Å². The van der Waals surface area contributed by atoms with E-state index in [1.807, 2.05) is 36.5 Å². The molecule has 1 aromatic heterocycles. The van der Waals surface area contributed by atoms with Crippen molar-refractivity contribution in [2.24, 2.45) is 11.8 Å². The van der Waals surface area contributed by atoms with Crippen molar-refractivity contribution in [3.05, 3.63) is 48.3 Å². The van der Waals surface area contributed by atoms with Crippen molar-refractivity contribution in [2.75, 3.05) is 13.1 Å². The summed E-state index contributed by atoms with van der Waals surface area (Å²) in [4.78, 5) is 38.2. The molecule has 4 rings (SSSR count). The molecule has 0 bridgehead atoms. The number of rotatable bonds is 6. The summed E-state index contributed by atoms with van der Waals surface area (Å²) in [5.41, 5.74) is 2.07. The first-order chi connectivity index (χ1) is 13.6. The number of imide groups is 1. The molecule has 2 heterocycles. The summed E-state index contributed by atoms with van der Waals surface area (Å²) in [5, 5.41) is 7.01. The molecule has 1 saturated heterocycles. The topological polar surface area (TPSA) is 84.3 Å². The van der Waals surface area contributed by atoms with Gasteiger partial charge in [-0.2, -0.15) is 5.10 Å². The molecule has 1 aromatic carbocycles. The lowest BCUT2D eigenvalue weighted by molar-refractivity contribution is -0.143. The number of nitrogens with one attached hydrogen (secondary N) is 1. The van der Waals surface area contributed by atoms with Gasteiger partial charge in [0, 0.05) is 18.9 Å². The summed E-state index contributed by atoms with van der Waals surface area (Å²) >= 11 is 0. The normalized spacial score (nSPS) is 21.6. The average Bonchev–Trinajstić information content (AvgIpc) is 3.33. The van der Waals surface area contributed by atoms with Crippen molar-refractivity contribution in [3.8, 4) is 5.69 Å². The second-order valence-electron chi connectivity index (χ2n) is 7.48. The Hall–Kier alpha value is -2.96. The predicted molar refractivity (Wildman–Crippen MR) is 102 cm³/mol. The van der Waals surface area contributed by atoms with Crippen molar-refractivity contribution in [3.63, 3.8) is 0 Å². The van der Waals surface area contributed by atoms with Crippen LogP contribution in [0.4, 0.5) is 0 Å². The number of hydrogen-bond acceptors (Lipinski definition) is 4. The molecule has 1 saturated carbocycles. The molecule has 0 radical (unpaired) electrons. The first kappa shape index (κ1) is 18.4. The van der Waals surface area contributed by atoms with E-state index in [2.05, 4.69) is 10.4 Å². The minimum atomic E-state index is -0.284. The molecule has 2 unspecified atom stereocenters. The predicted octanol–water partition coefficient (Wildman–Crippen LogP) is 1.71. The summed E-state index contributed by atoms with van der Waals surface area (Å²) in [5.74, 6) is -1.03. The number of aromatic nitrogens is 2. The summed E-state index contributed by atoms with van der Waals surface area (Å²) in [7, 11) is 0. The Morgan fingerprint density at radius 3 is 2.36 bits per heavy atom. The molecule has 1 aliphatic carbocycles. The Kier molecular flexibility index (Phi) is 5.23. The lowest BCUT2D eigenvalue weighted by Crippen LogP contribution is -2.41. The fourth-order valence-corrected chi connectivity index (χ4v) is 4.17. The highest BCUT2D eigenvalue weighted by atomic mass is 16.2. The number of fused-ring (bicyclic) bond motifs is 1. The molecular weight excluding hydrogens is 356 g/mol. The highest BCUT2D eigenvalue weighted by molar-refractivity contribution is 6.07. The number of carbonyl (C=O) groups is 3. The van der Waals surface area contributed by atoms with Crippen LogP contribution in [0.3, 0.4) is 0 Å². The monoisotopic (exact) mass is 380 g/mol. The van der Waals surface area contributed by atoms with Crippen LogP contribution in [0.25, 0.3) is 5.69 Å². The van der Waals surface area contributed by atoms with E-state index in [0.29, 0.717) is 13.0 Å². The minimum absolute atomic E-state index is 0.164. The van der Waals surface area contributed by atoms with E-state index in [-0.39, 0.29) is 36.1 Å². The fourth-order valence-electron chi connectivity index (χ4n) is 4.17. The van der Waals surface area contributed by atoms with Crippen molar-refractivity contribution >= 4 is 17.7 Å². The van der Waals surface area contributed by atoms with Gasteiger partial charge < -0.3 is 5.32 Å². The van der Waals surface area contributed by atoms with Gasteiger partial charge in [0.25, 0.3) is 0 Å². The van der Waals surface area contributed by atoms with Crippen molar-refractivity contribution in [1.29, 1.82) is 0 Å². The van der Waals surface area contributed by atoms with Gasteiger partial charge in [-0.25, -0.2) is 4.68 Å². The Balaban J connectivity index is 1.26. The molecule has 7 nitrogen and oxygen atoms in total. The number of amides is 3. The van der Waals surface area contributed by atoms with Crippen LogP contribution < -0.4 is 5.32 Å². The van der Waals surface area contributed by atoms with Gasteiger partial charge >= 0.3 is 0 Å². The Morgan fingerprint density at radius 2 is 1.75 bits per heavy atom. The van der Waals surface area contributed by atoms with Gasteiger partial charge in [0.2, 0.25) is 17.7 Å².